The first-order valence-corrected chi connectivity index (χ1v) is 12.3. The Labute approximate surface area is 196 Å². The number of para-hydroxylation sites is 1. The molecule has 2 aliphatic rings. The van der Waals surface area contributed by atoms with Crippen LogP contribution in [-0.4, -0.2) is 60.1 Å². The van der Waals surface area contributed by atoms with Gasteiger partial charge in [-0.05, 0) is 54.9 Å². The number of morpholine rings is 1. The number of pyridine rings is 1. The van der Waals surface area contributed by atoms with Crippen LogP contribution >= 0.6 is 0 Å². The molecular formula is C28H33N3O2. The van der Waals surface area contributed by atoms with Gasteiger partial charge in [0.05, 0.1) is 18.7 Å². The largest absolute Gasteiger partial charge is 0.379 e. The van der Waals surface area contributed by atoms with Gasteiger partial charge in [-0.2, -0.15) is 0 Å². The zero-order valence-corrected chi connectivity index (χ0v) is 19.3. The van der Waals surface area contributed by atoms with E-state index >= 15 is 0 Å². The quantitative estimate of drug-likeness (QED) is 0.580. The van der Waals surface area contributed by atoms with E-state index in [0.29, 0.717) is 5.92 Å². The predicted molar refractivity (Wildman–Crippen MR) is 131 cm³/mol. The summed E-state index contributed by atoms with van der Waals surface area (Å²) in [5.41, 5.74) is 4.44. The molecule has 1 atom stereocenters. The van der Waals surface area contributed by atoms with E-state index in [0.717, 1.165) is 88.3 Å². The maximum absolute atomic E-state index is 13.5. The molecule has 1 amide bonds. The zero-order chi connectivity index (χ0) is 22.5. The second kappa shape index (κ2) is 10.4. The van der Waals surface area contributed by atoms with E-state index in [9.17, 15) is 4.79 Å². The maximum atomic E-state index is 13.5. The maximum Gasteiger partial charge on any atom is 0.254 e. The molecule has 2 fully saturated rings. The van der Waals surface area contributed by atoms with Crippen LogP contribution in [0, 0.1) is 5.92 Å². The molecule has 0 spiro atoms. The summed E-state index contributed by atoms with van der Waals surface area (Å²) in [6, 6.07) is 18.8. The predicted octanol–water partition coefficient (Wildman–Crippen LogP) is 4.55. The summed E-state index contributed by atoms with van der Waals surface area (Å²) < 4.78 is 5.48. The summed E-state index contributed by atoms with van der Waals surface area (Å²) in [5, 5.41) is 1.21. The molecule has 172 valence electrons. The van der Waals surface area contributed by atoms with Gasteiger partial charge in [0.1, 0.15) is 0 Å². The van der Waals surface area contributed by atoms with Crippen LogP contribution in [0.4, 0.5) is 0 Å². The molecule has 0 N–H and O–H groups in total. The van der Waals surface area contributed by atoms with Crippen LogP contribution in [0.1, 0.15) is 40.7 Å². The minimum absolute atomic E-state index is 0.186. The van der Waals surface area contributed by atoms with Crippen LogP contribution in [-0.2, 0) is 17.7 Å². The smallest absolute Gasteiger partial charge is 0.254 e. The second-order valence-electron chi connectivity index (χ2n) is 9.33. The van der Waals surface area contributed by atoms with Gasteiger partial charge in [-0.15, -0.1) is 0 Å². The third-order valence-electron chi connectivity index (χ3n) is 7.11. The Morgan fingerprint density at radius 1 is 0.909 bits per heavy atom. The molecule has 33 heavy (non-hydrogen) atoms. The number of amides is 1. The van der Waals surface area contributed by atoms with Gasteiger partial charge in [0.2, 0.25) is 0 Å². The Bertz CT molecular complexity index is 1090. The number of carbonyl (C=O) groups excluding carboxylic acids is 1. The first-order chi connectivity index (χ1) is 16.3. The summed E-state index contributed by atoms with van der Waals surface area (Å²) >= 11 is 0. The van der Waals surface area contributed by atoms with E-state index in [1.807, 2.05) is 30.5 Å². The lowest BCUT2D eigenvalue weighted by Gasteiger charge is -2.28. The Balaban J connectivity index is 1.25. The second-order valence-corrected chi connectivity index (χ2v) is 9.33. The average Bonchev–Trinajstić information content (AvgIpc) is 3.10. The van der Waals surface area contributed by atoms with E-state index < -0.39 is 0 Å². The van der Waals surface area contributed by atoms with Crippen molar-refractivity contribution >= 4 is 16.8 Å². The van der Waals surface area contributed by atoms with Crippen LogP contribution in [0.2, 0.25) is 0 Å². The van der Waals surface area contributed by atoms with Crippen molar-refractivity contribution in [2.75, 3.05) is 39.4 Å². The van der Waals surface area contributed by atoms with Crippen molar-refractivity contribution in [3.05, 3.63) is 77.5 Å². The van der Waals surface area contributed by atoms with Crippen molar-refractivity contribution < 1.29 is 9.53 Å². The van der Waals surface area contributed by atoms with Gasteiger partial charge in [-0.25, -0.2) is 0 Å². The van der Waals surface area contributed by atoms with Crippen LogP contribution < -0.4 is 0 Å². The van der Waals surface area contributed by atoms with Crippen LogP contribution in [0.25, 0.3) is 10.9 Å². The van der Waals surface area contributed by atoms with E-state index in [1.165, 1.54) is 10.9 Å². The molecule has 5 nitrogen and oxygen atoms in total. The minimum Gasteiger partial charge on any atom is -0.379 e. The number of rotatable bonds is 5. The summed E-state index contributed by atoms with van der Waals surface area (Å²) in [7, 11) is 0. The lowest BCUT2D eigenvalue weighted by atomic mass is 9.91. The molecule has 3 heterocycles. The van der Waals surface area contributed by atoms with Crippen molar-refractivity contribution in [2.24, 2.45) is 5.92 Å². The summed E-state index contributed by atoms with van der Waals surface area (Å²) in [6.45, 7) is 5.89. The van der Waals surface area contributed by atoms with Crippen molar-refractivity contribution in [2.45, 2.75) is 32.2 Å². The van der Waals surface area contributed by atoms with E-state index in [2.05, 4.69) is 45.1 Å². The monoisotopic (exact) mass is 443 g/mol. The van der Waals surface area contributed by atoms with Crippen LogP contribution in [0.15, 0.2) is 60.8 Å². The van der Waals surface area contributed by atoms with Gasteiger partial charge < -0.3 is 9.64 Å². The molecule has 0 bridgehead atoms. The topological polar surface area (TPSA) is 45.7 Å². The Hall–Kier alpha value is -2.76. The first kappa shape index (κ1) is 22.1. The molecular weight excluding hydrogens is 410 g/mol. The molecule has 0 saturated carbocycles. The number of fused-ring (bicyclic) bond motifs is 1. The highest BCUT2D eigenvalue weighted by Crippen LogP contribution is 2.26. The highest BCUT2D eigenvalue weighted by molar-refractivity contribution is 5.95. The normalized spacial score (nSPS) is 20.0. The fourth-order valence-electron chi connectivity index (χ4n) is 5.25. The summed E-state index contributed by atoms with van der Waals surface area (Å²) in [5.74, 6) is 0.769. The molecule has 2 aliphatic heterocycles. The third-order valence-corrected chi connectivity index (χ3v) is 7.11. The van der Waals surface area contributed by atoms with Crippen LogP contribution in [0.5, 0.6) is 0 Å². The lowest BCUT2D eigenvalue weighted by molar-refractivity contribution is 0.0340. The van der Waals surface area contributed by atoms with Gasteiger partial charge in [-0.1, -0.05) is 42.5 Å². The van der Waals surface area contributed by atoms with E-state index in [-0.39, 0.29) is 5.91 Å². The standard InChI is InChI=1S/C28H33N3O2/c32-28(26-11-2-1-7-25(26)21-30-16-18-33-19-17-30)31-14-5-6-22(12-15-31)20-24-9-3-8-23-10-4-13-29-27(23)24/h1-4,7-11,13,22H,5-6,12,14-21H2. The first-order valence-electron chi connectivity index (χ1n) is 12.3. The number of nitrogens with zero attached hydrogens (tertiary/aromatic N) is 3. The average molecular weight is 444 g/mol. The van der Waals surface area contributed by atoms with Gasteiger partial charge in [-0.3, -0.25) is 14.7 Å². The van der Waals surface area contributed by atoms with Crippen LogP contribution in [0.3, 0.4) is 0 Å². The number of ether oxygens (including phenoxy) is 1. The molecule has 3 aromatic rings. The third kappa shape index (κ3) is 5.26. The molecule has 2 aromatic carbocycles. The van der Waals surface area contributed by atoms with Crippen molar-refractivity contribution in [1.29, 1.82) is 0 Å². The van der Waals surface area contributed by atoms with Gasteiger partial charge >= 0.3 is 0 Å². The van der Waals surface area contributed by atoms with Crippen molar-refractivity contribution in [3.8, 4) is 0 Å². The fourth-order valence-corrected chi connectivity index (χ4v) is 5.25. The number of benzene rings is 2. The number of likely N-dealkylation sites (tertiary alicyclic amines) is 1. The van der Waals surface area contributed by atoms with Crippen molar-refractivity contribution in [3.63, 3.8) is 0 Å². The molecule has 1 unspecified atom stereocenters. The molecule has 5 heteroatoms. The lowest BCUT2D eigenvalue weighted by Crippen LogP contribution is -2.37. The van der Waals surface area contributed by atoms with Crippen molar-refractivity contribution in [1.82, 2.24) is 14.8 Å². The summed E-state index contributed by atoms with van der Waals surface area (Å²) in [4.78, 5) is 22.6. The number of aromatic nitrogens is 1. The van der Waals surface area contributed by atoms with Gasteiger partial charge in [0.25, 0.3) is 5.91 Å². The highest BCUT2D eigenvalue weighted by Gasteiger charge is 2.24. The van der Waals surface area contributed by atoms with Gasteiger partial charge in [0, 0.05) is 49.9 Å². The summed E-state index contributed by atoms with van der Waals surface area (Å²) in [6.07, 6.45) is 6.17. The van der Waals surface area contributed by atoms with Gasteiger partial charge in [0.15, 0.2) is 0 Å². The highest BCUT2D eigenvalue weighted by atomic mass is 16.5. The Morgan fingerprint density at radius 2 is 1.73 bits per heavy atom. The van der Waals surface area contributed by atoms with E-state index in [1.54, 1.807) is 0 Å². The molecule has 0 radical (unpaired) electrons. The Morgan fingerprint density at radius 3 is 2.64 bits per heavy atom. The zero-order valence-electron chi connectivity index (χ0n) is 19.3. The molecule has 1 aromatic heterocycles. The number of hydrogen-bond acceptors (Lipinski definition) is 4. The molecule has 5 rings (SSSR count). The minimum atomic E-state index is 0.186. The number of hydrogen-bond donors (Lipinski definition) is 0. The SMILES string of the molecule is O=C(c1ccccc1CN1CCOCC1)N1CCCC(Cc2cccc3cccnc23)CC1. The van der Waals surface area contributed by atoms with E-state index in [4.69, 9.17) is 4.74 Å². The molecule has 0 aliphatic carbocycles. The Kier molecular flexibility index (Phi) is 6.98. The molecule has 2 saturated heterocycles. The number of carbonyl (C=O) groups is 1. The fraction of sp³-hybridized carbons (Fsp3) is 0.429.